The van der Waals surface area contributed by atoms with Crippen LogP contribution in [0.1, 0.15) is 18.4 Å². The molecule has 1 aliphatic carbocycles. The lowest BCUT2D eigenvalue weighted by Crippen LogP contribution is -2.48. The second-order valence-corrected chi connectivity index (χ2v) is 4.90. The third-order valence-corrected chi connectivity index (χ3v) is 3.70. The zero-order valence-electron chi connectivity index (χ0n) is 10.2. The Hall–Kier alpha value is -1.55. The van der Waals surface area contributed by atoms with Gasteiger partial charge in [0.1, 0.15) is 6.10 Å². The predicted molar refractivity (Wildman–Crippen MR) is 66.0 cm³/mol. The number of ether oxygens (including phenoxy) is 2. The van der Waals surface area contributed by atoms with Crippen LogP contribution < -0.4 is 5.32 Å². The number of nitrogens with one attached hydrogen (secondary N) is 1. The maximum absolute atomic E-state index is 11.6. The minimum Gasteiger partial charge on any atom is -0.443 e. The van der Waals surface area contributed by atoms with E-state index in [0.29, 0.717) is 12.5 Å². The Kier molecular flexibility index (Phi) is 3.19. The van der Waals surface area contributed by atoms with Gasteiger partial charge >= 0.3 is 6.09 Å². The van der Waals surface area contributed by atoms with Gasteiger partial charge in [0.15, 0.2) is 0 Å². The highest BCUT2D eigenvalue weighted by atomic mass is 16.6. The Morgan fingerprint density at radius 2 is 2.22 bits per heavy atom. The van der Waals surface area contributed by atoms with Gasteiger partial charge in [-0.2, -0.15) is 0 Å². The molecule has 3 atom stereocenters. The van der Waals surface area contributed by atoms with Gasteiger partial charge in [0.2, 0.25) is 0 Å². The van der Waals surface area contributed by atoms with Crippen molar-refractivity contribution in [2.45, 2.75) is 31.6 Å². The van der Waals surface area contributed by atoms with Crippen LogP contribution in [0.25, 0.3) is 0 Å². The second-order valence-electron chi connectivity index (χ2n) is 4.90. The number of hydrogen-bond acceptors (Lipinski definition) is 3. The van der Waals surface area contributed by atoms with Crippen molar-refractivity contribution in [1.82, 2.24) is 5.32 Å². The molecule has 1 aromatic rings. The van der Waals surface area contributed by atoms with Crippen LogP contribution in [-0.4, -0.2) is 24.9 Å². The zero-order valence-corrected chi connectivity index (χ0v) is 10.2. The Balaban J connectivity index is 1.43. The van der Waals surface area contributed by atoms with Crippen molar-refractivity contribution >= 4 is 6.09 Å². The molecule has 96 valence electrons. The van der Waals surface area contributed by atoms with Crippen LogP contribution in [0.5, 0.6) is 0 Å². The van der Waals surface area contributed by atoms with Gasteiger partial charge in [-0.15, -0.1) is 0 Å². The average molecular weight is 247 g/mol. The van der Waals surface area contributed by atoms with Gasteiger partial charge in [0.25, 0.3) is 0 Å². The largest absolute Gasteiger partial charge is 0.443 e. The average Bonchev–Trinajstić information content (AvgIpc) is 2.76. The van der Waals surface area contributed by atoms with E-state index in [2.05, 4.69) is 5.32 Å². The summed E-state index contributed by atoms with van der Waals surface area (Å²) in [5, 5.41) is 2.76. The van der Waals surface area contributed by atoms with Gasteiger partial charge in [0.05, 0.1) is 6.10 Å². The van der Waals surface area contributed by atoms with Crippen molar-refractivity contribution in [1.29, 1.82) is 0 Å². The van der Waals surface area contributed by atoms with Crippen molar-refractivity contribution in [2.24, 2.45) is 5.92 Å². The standard InChI is InChI=1S/C14H17NO3/c16-14(15-9-10-4-2-1-3-5-10)18-12-8-11-6-7-17-13(11)12/h1-5,11-13H,6-9H2,(H,15,16). The van der Waals surface area contributed by atoms with E-state index in [1.54, 1.807) is 0 Å². The maximum atomic E-state index is 11.6. The van der Waals surface area contributed by atoms with E-state index in [9.17, 15) is 4.79 Å². The first-order valence-corrected chi connectivity index (χ1v) is 6.43. The molecule has 2 aliphatic rings. The predicted octanol–water partition coefficient (Wildman–Crippen LogP) is 2.09. The van der Waals surface area contributed by atoms with Gasteiger partial charge < -0.3 is 14.8 Å². The molecular formula is C14H17NO3. The summed E-state index contributed by atoms with van der Waals surface area (Å²) >= 11 is 0. The fourth-order valence-electron chi connectivity index (χ4n) is 2.62. The first kappa shape index (κ1) is 11.5. The number of benzene rings is 1. The summed E-state index contributed by atoms with van der Waals surface area (Å²) in [5.41, 5.74) is 1.07. The molecule has 1 aromatic carbocycles. The van der Waals surface area contributed by atoms with Crippen molar-refractivity contribution in [2.75, 3.05) is 6.61 Å². The molecule has 0 aromatic heterocycles. The monoisotopic (exact) mass is 247 g/mol. The molecule has 1 N–H and O–H groups in total. The summed E-state index contributed by atoms with van der Waals surface area (Å²) in [5.74, 6) is 0.608. The van der Waals surface area contributed by atoms with Crippen LogP contribution in [0.15, 0.2) is 30.3 Å². The maximum Gasteiger partial charge on any atom is 0.407 e. The summed E-state index contributed by atoms with van der Waals surface area (Å²) in [4.78, 5) is 11.6. The third-order valence-electron chi connectivity index (χ3n) is 3.70. The number of rotatable bonds is 3. The van der Waals surface area contributed by atoms with Gasteiger partial charge in [-0.3, -0.25) is 0 Å². The lowest BCUT2D eigenvalue weighted by molar-refractivity contribution is -0.0909. The molecule has 1 amide bonds. The Bertz CT molecular complexity index is 420. The minimum absolute atomic E-state index is 0.0479. The van der Waals surface area contributed by atoms with Crippen molar-refractivity contribution in [3.8, 4) is 0 Å². The highest BCUT2D eigenvalue weighted by Gasteiger charge is 2.47. The molecule has 1 heterocycles. The SMILES string of the molecule is O=C(NCc1ccccc1)OC1CC2CCOC21. The smallest absolute Gasteiger partial charge is 0.407 e. The molecule has 4 nitrogen and oxygen atoms in total. The van der Waals surface area contributed by atoms with E-state index in [0.717, 1.165) is 25.0 Å². The van der Waals surface area contributed by atoms with Crippen LogP contribution in [-0.2, 0) is 16.0 Å². The molecule has 4 heteroatoms. The van der Waals surface area contributed by atoms with Crippen molar-refractivity contribution in [3.05, 3.63) is 35.9 Å². The Labute approximate surface area is 106 Å². The minimum atomic E-state index is -0.349. The molecule has 0 spiro atoms. The number of amides is 1. The van der Waals surface area contributed by atoms with Crippen LogP contribution >= 0.6 is 0 Å². The third kappa shape index (κ3) is 2.34. The van der Waals surface area contributed by atoms with Gasteiger partial charge in [0, 0.05) is 13.2 Å². The molecule has 2 fully saturated rings. The first-order chi connectivity index (χ1) is 8.83. The van der Waals surface area contributed by atoms with Gasteiger partial charge in [-0.25, -0.2) is 4.79 Å². The summed E-state index contributed by atoms with van der Waals surface area (Å²) in [6.07, 6.45) is 1.80. The molecule has 1 aliphatic heterocycles. The molecule has 3 unspecified atom stereocenters. The number of hydrogen-bond donors (Lipinski definition) is 1. The molecular weight excluding hydrogens is 230 g/mol. The summed E-state index contributed by atoms with van der Waals surface area (Å²) in [6.45, 7) is 1.31. The van der Waals surface area contributed by atoms with Crippen LogP contribution in [0, 0.1) is 5.92 Å². The van der Waals surface area contributed by atoms with E-state index in [1.807, 2.05) is 30.3 Å². The topological polar surface area (TPSA) is 47.6 Å². The van der Waals surface area contributed by atoms with Crippen molar-refractivity contribution < 1.29 is 14.3 Å². The second kappa shape index (κ2) is 4.98. The molecule has 1 saturated carbocycles. The zero-order chi connectivity index (χ0) is 12.4. The van der Waals surface area contributed by atoms with Crippen LogP contribution in [0.2, 0.25) is 0 Å². The Morgan fingerprint density at radius 3 is 3.00 bits per heavy atom. The molecule has 3 rings (SSSR count). The lowest BCUT2D eigenvalue weighted by Gasteiger charge is -2.37. The van der Waals surface area contributed by atoms with Crippen molar-refractivity contribution in [3.63, 3.8) is 0 Å². The quantitative estimate of drug-likeness (QED) is 0.889. The highest BCUT2D eigenvalue weighted by Crippen LogP contribution is 2.40. The molecule has 1 saturated heterocycles. The highest BCUT2D eigenvalue weighted by molar-refractivity contribution is 5.67. The van der Waals surface area contributed by atoms with E-state index in [1.165, 1.54) is 0 Å². The van der Waals surface area contributed by atoms with E-state index in [4.69, 9.17) is 9.47 Å². The van der Waals surface area contributed by atoms with E-state index in [-0.39, 0.29) is 18.3 Å². The lowest BCUT2D eigenvalue weighted by atomic mass is 9.79. The number of carbonyl (C=O) groups is 1. The summed E-state index contributed by atoms with van der Waals surface area (Å²) in [7, 11) is 0. The van der Waals surface area contributed by atoms with Crippen LogP contribution in [0.3, 0.4) is 0 Å². The number of fused-ring (bicyclic) bond motifs is 1. The normalized spacial score (nSPS) is 29.2. The first-order valence-electron chi connectivity index (χ1n) is 6.43. The number of carbonyl (C=O) groups excluding carboxylic acids is 1. The summed E-state index contributed by atoms with van der Waals surface area (Å²) < 4.78 is 10.9. The van der Waals surface area contributed by atoms with Gasteiger partial charge in [-0.05, 0) is 24.3 Å². The number of alkyl carbamates (subject to hydrolysis) is 1. The van der Waals surface area contributed by atoms with E-state index < -0.39 is 0 Å². The molecule has 0 bridgehead atoms. The van der Waals surface area contributed by atoms with Crippen LogP contribution in [0.4, 0.5) is 4.79 Å². The fourth-order valence-corrected chi connectivity index (χ4v) is 2.62. The summed E-state index contributed by atoms with van der Waals surface area (Å²) in [6, 6.07) is 9.80. The Morgan fingerprint density at radius 1 is 1.39 bits per heavy atom. The fraction of sp³-hybridized carbons (Fsp3) is 0.500. The molecule has 0 radical (unpaired) electrons. The van der Waals surface area contributed by atoms with Gasteiger partial charge in [-0.1, -0.05) is 30.3 Å². The molecule has 18 heavy (non-hydrogen) atoms. The van der Waals surface area contributed by atoms with E-state index >= 15 is 0 Å².